The molecule has 134 valence electrons. The molecule has 24 heavy (non-hydrogen) atoms. The van der Waals surface area contributed by atoms with E-state index in [0.29, 0.717) is 18.8 Å². The number of nitrogens with zero attached hydrogens (tertiary/aromatic N) is 1. The number of carbonyl (C=O) groups is 1. The number of nitrogens with one attached hydrogen (secondary N) is 2. The average Bonchev–Trinajstić information content (AvgIpc) is 3.18. The molecule has 2 unspecified atom stereocenters. The van der Waals surface area contributed by atoms with Crippen molar-refractivity contribution in [2.24, 2.45) is 0 Å². The van der Waals surface area contributed by atoms with Crippen molar-refractivity contribution in [3.05, 3.63) is 24.3 Å². The van der Waals surface area contributed by atoms with Crippen LogP contribution in [0.3, 0.4) is 0 Å². The Labute approximate surface area is 146 Å². The van der Waals surface area contributed by atoms with Gasteiger partial charge in [0.15, 0.2) is 0 Å². The number of carbonyl (C=O) groups excluding carboxylic acids is 1. The van der Waals surface area contributed by atoms with E-state index in [4.69, 9.17) is 0 Å². The van der Waals surface area contributed by atoms with Crippen molar-refractivity contribution >= 4 is 24.0 Å². The first kappa shape index (κ1) is 18.7. The van der Waals surface area contributed by atoms with Crippen molar-refractivity contribution in [3.8, 4) is 5.75 Å². The number of ether oxygens (including phenoxy) is 1. The van der Waals surface area contributed by atoms with Gasteiger partial charge in [-0.15, -0.1) is 12.4 Å². The van der Waals surface area contributed by atoms with Gasteiger partial charge in [0, 0.05) is 19.1 Å². The first-order valence-electron chi connectivity index (χ1n) is 7.96. The Bertz CT molecular complexity index is 556. The molecule has 2 heterocycles. The molecule has 0 aliphatic carbocycles. The molecule has 0 radical (unpaired) electrons. The van der Waals surface area contributed by atoms with E-state index in [1.54, 1.807) is 18.2 Å². The number of halogens is 3. The van der Waals surface area contributed by atoms with E-state index in [0.717, 1.165) is 25.8 Å². The summed E-state index contributed by atoms with van der Waals surface area (Å²) in [5, 5.41) is 6.22. The molecule has 8 heteroatoms. The second-order valence-corrected chi connectivity index (χ2v) is 5.94. The molecule has 2 fully saturated rings. The molecule has 1 aromatic carbocycles. The number of hydrogen-bond donors (Lipinski definition) is 2. The summed E-state index contributed by atoms with van der Waals surface area (Å²) in [5.41, 5.74) is 0.642. The number of benzene rings is 1. The zero-order valence-corrected chi connectivity index (χ0v) is 14.0. The summed E-state index contributed by atoms with van der Waals surface area (Å²) in [4.78, 5) is 14.1. The van der Waals surface area contributed by atoms with Gasteiger partial charge in [-0.3, -0.25) is 4.79 Å². The number of hydrogen-bond acceptors (Lipinski definition) is 4. The first-order chi connectivity index (χ1) is 11.1. The average molecular weight is 362 g/mol. The van der Waals surface area contributed by atoms with Gasteiger partial charge in [0.1, 0.15) is 5.75 Å². The van der Waals surface area contributed by atoms with Crippen LogP contribution in [0.5, 0.6) is 5.75 Å². The lowest BCUT2D eigenvalue weighted by molar-refractivity contribution is -0.123. The standard InChI is InChI=1S/C16H21F2N3O2.ClH/c17-16(18)23-14-6-2-1-5-13(14)21-9-7-11(10-21)20-15(22)12-4-3-8-19-12;/h1-2,5-6,11-12,16,19H,3-4,7-10H2,(H,20,22);1H. The van der Waals surface area contributed by atoms with Crippen LogP contribution in [0.15, 0.2) is 24.3 Å². The van der Waals surface area contributed by atoms with Gasteiger partial charge in [-0.25, -0.2) is 0 Å². The van der Waals surface area contributed by atoms with Gasteiger partial charge in [-0.2, -0.15) is 8.78 Å². The van der Waals surface area contributed by atoms with Gasteiger partial charge >= 0.3 is 6.61 Å². The van der Waals surface area contributed by atoms with Crippen molar-refractivity contribution in [1.29, 1.82) is 0 Å². The van der Waals surface area contributed by atoms with E-state index in [-0.39, 0.29) is 36.1 Å². The van der Waals surface area contributed by atoms with Crippen LogP contribution in [0, 0.1) is 0 Å². The Kier molecular flexibility index (Phi) is 6.62. The summed E-state index contributed by atoms with van der Waals surface area (Å²) in [7, 11) is 0. The number of para-hydroxylation sites is 2. The van der Waals surface area contributed by atoms with Crippen LogP contribution >= 0.6 is 12.4 Å². The van der Waals surface area contributed by atoms with Gasteiger partial charge in [0.05, 0.1) is 11.7 Å². The molecule has 2 aliphatic heterocycles. The first-order valence-corrected chi connectivity index (χ1v) is 7.96. The largest absolute Gasteiger partial charge is 0.433 e. The molecule has 2 saturated heterocycles. The Morgan fingerprint density at radius 2 is 2.12 bits per heavy atom. The van der Waals surface area contributed by atoms with Crippen LogP contribution in [0.1, 0.15) is 19.3 Å². The molecule has 0 saturated carbocycles. The second-order valence-electron chi connectivity index (χ2n) is 5.94. The highest BCUT2D eigenvalue weighted by Gasteiger charge is 2.29. The molecule has 2 N–H and O–H groups in total. The zero-order chi connectivity index (χ0) is 16.2. The fourth-order valence-corrected chi connectivity index (χ4v) is 3.22. The van der Waals surface area contributed by atoms with E-state index in [2.05, 4.69) is 15.4 Å². The summed E-state index contributed by atoms with van der Waals surface area (Å²) in [6.45, 7) is -0.662. The van der Waals surface area contributed by atoms with Gasteiger partial charge in [0.25, 0.3) is 0 Å². The predicted molar refractivity (Wildman–Crippen MR) is 90.1 cm³/mol. The molecule has 0 aromatic heterocycles. The minimum atomic E-state index is -2.84. The molecule has 2 aliphatic rings. The third kappa shape index (κ3) is 4.48. The van der Waals surface area contributed by atoms with Crippen molar-refractivity contribution in [3.63, 3.8) is 0 Å². The predicted octanol–water partition coefficient (Wildman–Crippen LogP) is 2.16. The van der Waals surface area contributed by atoms with E-state index in [9.17, 15) is 13.6 Å². The van der Waals surface area contributed by atoms with E-state index in [1.807, 2.05) is 4.90 Å². The maximum atomic E-state index is 12.5. The molecule has 3 rings (SSSR count). The molecular weight excluding hydrogens is 340 g/mol. The van der Waals surface area contributed by atoms with Gasteiger partial charge in [0.2, 0.25) is 5.91 Å². The van der Waals surface area contributed by atoms with Crippen LogP contribution < -0.4 is 20.3 Å². The quantitative estimate of drug-likeness (QED) is 0.844. The van der Waals surface area contributed by atoms with Crippen molar-refractivity contribution in [1.82, 2.24) is 10.6 Å². The van der Waals surface area contributed by atoms with E-state index in [1.165, 1.54) is 6.07 Å². The van der Waals surface area contributed by atoms with Crippen molar-refractivity contribution in [2.45, 2.75) is 38.0 Å². The Balaban J connectivity index is 0.00000208. The zero-order valence-electron chi connectivity index (χ0n) is 13.2. The normalized spacial score (nSPS) is 23.2. The van der Waals surface area contributed by atoms with Crippen molar-refractivity contribution < 1.29 is 18.3 Å². The summed E-state index contributed by atoms with van der Waals surface area (Å²) in [5.74, 6) is 0.207. The molecule has 2 atom stereocenters. The fraction of sp³-hybridized carbons (Fsp3) is 0.562. The highest BCUT2D eigenvalue weighted by atomic mass is 35.5. The van der Waals surface area contributed by atoms with Crippen LogP contribution in [-0.2, 0) is 4.79 Å². The summed E-state index contributed by atoms with van der Waals surface area (Å²) < 4.78 is 29.6. The molecule has 1 aromatic rings. The van der Waals surface area contributed by atoms with Gasteiger partial charge < -0.3 is 20.3 Å². The number of anilines is 1. The van der Waals surface area contributed by atoms with E-state index >= 15 is 0 Å². The minimum Gasteiger partial charge on any atom is -0.433 e. The molecule has 0 spiro atoms. The molecule has 0 bridgehead atoms. The summed E-state index contributed by atoms with van der Waals surface area (Å²) >= 11 is 0. The second kappa shape index (κ2) is 8.48. The van der Waals surface area contributed by atoms with Crippen molar-refractivity contribution in [2.75, 3.05) is 24.5 Å². The Morgan fingerprint density at radius 3 is 2.83 bits per heavy atom. The van der Waals surface area contributed by atoms with Crippen LogP contribution in [0.2, 0.25) is 0 Å². The lowest BCUT2D eigenvalue weighted by atomic mass is 10.2. The minimum absolute atomic E-state index is 0. The monoisotopic (exact) mass is 361 g/mol. The number of rotatable bonds is 5. The summed E-state index contributed by atoms with van der Waals surface area (Å²) in [6.07, 6.45) is 2.68. The lowest BCUT2D eigenvalue weighted by Crippen LogP contribution is -2.46. The smallest absolute Gasteiger partial charge is 0.387 e. The third-order valence-corrected chi connectivity index (χ3v) is 4.33. The van der Waals surface area contributed by atoms with Gasteiger partial charge in [-0.05, 0) is 37.9 Å². The van der Waals surface area contributed by atoms with Crippen LogP contribution in [0.25, 0.3) is 0 Å². The van der Waals surface area contributed by atoms with E-state index < -0.39 is 6.61 Å². The lowest BCUT2D eigenvalue weighted by Gasteiger charge is -2.22. The number of amides is 1. The molecular formula is C16H22ClF2N3O2. The molecule has 5 nitrogen and oxygen atoms in total. The third-order valence-electron chi connectivity index (χ3n) is 4.33. The van der Waals surface area contributed by atoms with Crippen LogP contribution in [-0.4, -0.2) is 44.2 Å². The maximum absolute atomic E-state index is 12.5. The maximum Gasteiger partial charge on any atom is 0.387 e. The fourth-order valence-electron chi connectivity index (χ4n) is 3.22. The SMILES string of the molecule is Cl.O=C(NC1CCN(c2ccccc2OC(F)F)C1)C1CCCN1. The highest BCUT2D eigenvalue weighted by Crippen LogP contribution is 2.31. The molecule has 1 amide bonds. The van der Waals surface area contributed by atoms with Crippen LogP contribution in [0.4, 0.5) is 14.5 Å². The highest BCUT2D eigenvalue weighted by molar-refractivity contribution is 5.85. The summed E-state index contributed by atoms with van der Waals surface area (Å²) in [6, 6.07) is 6.70. The Morgan fingerprint density at radius 1 is 1.33 bits per heavy atom. The Hall–Kier alpha value is -1.60. The topological polar surface area (TPSA) is 53.6 Å². The number of alkyl halides is 2. The van der Waals surface area contributed by atoms with Gasteiger partial charge in [-0.1, -0.05) is 12.1 Å².